The molecule has 0 aliphatic carbocycles. The van der Waals surface area contributed by atoms with Crippen LogP contribution in [0.2, 0.25) is 10.0 Å². The number of hydrogen-bond donors (Lipinski definition) is 0. The third kappa shape index (κ3) is 3.05. The topological polar surface area (TPSA) is 45.8 Å². The highest BCUT2D eigenvalue weighted by Gasteiger charge is 2.26. The number of benzene rings is 1. The van der Waals surface area contributed by atoms with E-state index in [-0.39, 0.29) is 5.91 Å². The number of carbonyl (C=O) groups is 1. The summed E-state index contributed by atoms with van der Waals surface area (Å²) in [7, 11) is 0. The number of nitrogens with zero attached hydrogens (tertiary/aromatic N) is 2. The molecule has 0 saturated carbocycles. The maximum atomic E-state index is 11.6. The van der Waals surface area contributed by atoms with Gasteiger partial charge in [-0.2, -0.15) is 10.1 Å². The number of thiocarbonyl (C=S) groups is 1. The molecule has 0 atom stereocenters. The minimum Gasteiger partial charge on any atom is -0.455 e. The van der Waals surface area contributed by atoms with Crippen molar-refractivity contribution in [3.8, 4) is 11.3 Å². The van der Waals surface area contributed by atoms with E-state index in [1.165, 1.54) is 23.0 Å². The van der Waals surface area contributed by atoms with Crippen molar-refractivity contribution in [3.63, 3.8) is 0 Å². The van der Waals surface area contributed by atoms with Crippen molar-refractivity contribution in [3.05, 3.63) is 46.1 Å². The first kappa shape index (κ1) is 15.6. The number of hydrazone groups is 1. The van der Waals surface area contributed by atoms with Crippen LogP contribution < -0.4 is 0 Å². The third-order valence-electron chi connectivity index (χ3n) is 2.86. The molecule has 1 fully saturated rings. The zero-order valence-electron chi connectivity index (χ0n) is 11.0. The molecule has 2 heterocycles. The SMILES string of the molecule is O=C1CSC(=S)N1/N=C/c1ccc(-c2c(Cl)cccc2Cl)o1. The fourth-order valence-corrected chi connectivity index (χ4v) is 3.41. The maximum absolute atomic E-state index is 11.6. The lowest BCUT2D eigenvalue weighted by atomic mass is 10.2. The number of rotatable bonds is 3. The van der Waals surface area contributed by atoms with Crippen molar-refractivity contribution in [2.75, 3.05) is 5.75 Å². The Morgan fingerprint density at radius 1 is 1.27 bits per heavy atom. The number of thioether (sulfide) groups is 1. The van der Waals surface area contributed by atoms with Gasteiger partial charge in [-0.25, -0.2) is 0 Å². The van der Waals surface area contributed by atoms with Crippen LogP contribution in [0.4, 0.5) is 0 Å². The van der Waals surface area contributed by atoms with Gasteiger partial charge in [0.2, 0.25) is 0 Å². The molecule has 0 N–H and O–H groups in total. The Bertz CT molecular complexity index is 753. The Hall–Kier alpha value is -1.34. The van der Waals surface area contributed by atoms with Gasteiger partial charge in [0.1, 0.15) is 11.5 Å². The van der Waals surface area contributed by atoms with Gasteiger partial charge >= 0.3 is 0 Å². The summed E-state index contributed by atoms with van der Waals surface area (Å²) < 4.78 is 6.09. The molecule has 8 heteroatoms. The predicted molar refractivity (Wildman–Crippen MR) is 93.7 cm³/mol. The van der Waals surface area contributed by atoms with Gasteiger partial charge in [-0.3, -0.25) is 4.79 Å². The van der Waals surface area contributed by atoms with Crippen LogP contribution in [0.15, 0.2) is 39.9 Å². The fourth-order valence-electron chi connectivity index (χ4n) is 1.86. The van der Waals surface area contributed by atoms with Crippen LogP contribution in [0.1, 0.15) is 5.76 Å². The summed E-state index contributed by atoms with van der Waals surface area (Å²) in [6.45, 7) is 0. The van der Waals surface area contributed by atoms with Crippen molar-refractivity contribution < 1.29 is 9.21 Å². The molecule has 0 spiro atoms. The highest BCUT2D eigenvalue weighted by Crippen LogP contribution is 2.35. The third-order valence-corrected chi connectivity index (χ3v) is 4.83. The summed E-state index contributed by atoms with van der Waals surface area (Å²) in [6.07, 6.45) is 1.43. The van der Waals surface area contributed by atoms with Crippen molar-refractivity contribution in [1.29, 1.82) is 0 Å². The minimum atomic E-state index is -0.146. The fraction of sp³-hybridized carbons (Fsp3) is 0.0714. The van der Waals surface area contributed by atoms with Crippen molar-refractivity contribution in [2.24, 2.45) is 5.10 Å². The van der Waals surface area contributed by atoms with Gasteiger partial charge in [0, 0.05) is 0 Å². The van der Waals surface area contributed by atoms with Crippen molar-refractivity contribution >= 4 is 63.6 Å². The summed E-state index contributed by atoms with van der Waals surface area (Å²) in [5, 5.41) is 6.23. The minimum absolute atomic E-state index is 0.146. The molecule has 1 aromatic carbocycles. The van der Waals surface area contributed by atoms with E-state index in [9.17, 15) is 4.79 Å². The largest absolute Gasteiger partial charge is 0.455 e. The molecule has 0 radical (unpaired) electrons. The molecule has 22 heavy (non-hydrogen) atoms. The Kier molecular flexibility index (Phi) is 4.54. The average Bonchev–Trinajstić information content (AvgIpc) is 3.05. The lowest BCUT2D eigenvalue weighted by Crippen LogP contribution is -2.22. The second kappa shape index (κ2) is 6.42. The first-order chi connectivity index (χ1) is 10.6. The molecule has 1 saturated heterocycles. The molecule has 2 aromatic rings. The molecule has 1 amide bonds. The van der Waals surface area contributed by atoms with Crippen molar-refractivity contribution in [2.45, 2.75) is 0 Å². The smallest absolute Gasteiger partial charge is 0.259 e. The molecular weight excluding hydrogens is 363 g/mol. The van der Waals surface area contributed by atoms with Crippen LogP contribution in [0.5, 0.6) is 0 Å². The Balaban J connectivity index is 1.85. The molecule has 1 aliphatic rings. The van der Waals surface area contributed by atoms with Gasteiger partial charge < -0.3 is 4.42 Å². The molecule has 3 rings (SSSR count). The highest BCUT2D eigenvalue weighted by molar-refractivity contribution is 8.23. The molecule has 0 unspecified atom stereocenters. The normalized spacial score (nSPS) is 15.3. The first-order valence-corrected chi connectivity index (χ1v) is 8.29. The number of carbonyl (C=O) groups excluding carboxylic acids is 1. The van der Waals surface area contributed by atoms with Gasteiger partial charge in [-0.05, 0) is 24.3 Å². The number of halogens is 2. The second-order valence-electron chi connectivity index (χ2n) is 4.30. The monoisotopic (exact) mass is 370 g/mol. The van der Waals surface area contributed by atoms with Crippen molar-refractivity contribution in [1.82, 2.24) is 5.01 Å². The van der Waals surface area contributed by atoms with Gasteiger partial charge in [0.15, 0.2) is 4.32 Å². The van der Waals surface area contributed by atoms with Crippen LogP contribution >= 0.6 is 47.2 Å². The van der Waals surface area contributed by atoms with E-state index < -0.39 is 0 Å². The Labute approximate surface area is 146 Å². The summed E-state index contributed by atoms with van der Waals surface area (Å²) in [5.74, 6) is 1.17. The van der Waals surface area contributed by atoms with Crippen LogP contribution in [-0.2, 0) is 4.79 Å². The molecular formula is C14H8Cl2N2O2S2. The first-order valence-electron chi connectivity index (χ1n) is 6.14. The summed E-state index contributed by atoms with van der Waals surface area (Å²) in [4.78, 5) is 11.6. The molecule has 0 bridgehead atoms. The van der Waals surface area contributed by atoms with E-state index in [0.29, 0.717) is 37.2 Å². The van der Waals surface area contributed by atoms with E-state index in [0.717, 1.165) is 0 Å². The van der Waals surface area contributed by atoms with E-state index >= 15 is 0 Å². The Morgan fingerprint density at radius 3 is 2.64 bits per heavy atom. The quantitative estimate of drug-likeness (QED) is 0.591. The zero-order valence-corrected chi connectivity index (χ0v) is 14.1. The van der Waals surface area contributed by atoms with Crippen LogP contribution in [0.25, 0.3) is 11.3 Å². The zero-order chi connectivity index (χ0) is 15.7. The summed E-state index contributed by atoms with van der Waals surface area (Å²) in [6, 6.07) is 8.69. The number of furan rings is 1. The van der Waals surface area contributed by atoms with Crippen LogP contribution in [0.3, 0.4) is 0 Å². The lowest BCUT2D eigenvalue weighted by molar-refractivity contribution is -0.123. The van der Waals surface area contributed by atoms with Crippen LogP contribution in [0, 0.1) is 0 Å². The Morgan fingerprint density at radius 2 is 2.00 bits per heavy atom. The van der Waals surface area contributed by atoms with E-state index in [4.69, 9.17) is 39.8 Å². The van der Waals surface area contributed by atoms with Gasteiger partial charge in [0.25, 0.3) is 5.91 Å². The highest BCUT2D eigenvalue weighted by atomic mass is 35.5. The molecule has 1 aromatic heterocycles. The maximum Gasteiger partial charge on any atom is 0.259 e. The molecule has 1 aliphatic heterocycles. The standard InChI is InChI=1S/C14H8Cl2N2O2S2/c15-9-2-1-3-10(16)13(9)11-5-4-8(20-11)6-17-18-12(19)7-22-14(18)21/h1-6H,7H2/b17-6+. The van der Waals surface area contributed by atoms with Gasteiger partial charge in [-0.15, -0.1) is 0 Å². The second-order valence-corrected chi connectivity index (χ2v) is 6.73. The average molecular weight is 371 g/mol. The number of amides is 1. The summed E-state index contributed by atoms with van der Waals surface area (Å²) >= 11 is 18.6. The van der Waals surface area contributed by atoms with E-state index in [2.05, 4.69) is 5.10 Å². The van der Waals surface area contributed by atoms with Gasteiger partial charge in [0.05, 0.1) is 27.6 Å². The van der Waals surface area contributed by atoms with E-state index in [1.54, 1.807) is 30.3 Å². The predicted octanol–water partition coefficient (Wildman–Crippen LogP) is 4.45. The number of hydrogen-bond acceptors (Lipinski definition) is 5. The van der Waals surface area contributed by atoms with E-state index in [1.807, 2.05) is 0 Å². The molecule has 4 nitrogen and oxygen atoms in total. The van der Waals surface area contributed by atoms with Gasteiger partial charge in [-0.1, -0.05) is 53.2 Å². The van der Waals surface area contributed by atoms with Crippen LogP contribution in [-0.4, -0.2) is 27.2 Å². The lowest BCUT2D eigenvalue weighted by Gasteiger charge is -2.05. The molecule has 112 valence electrons. The summed E-state index contributed by atoms with van der Waals surface area (Å²) in [5.41, 5.74) is 0.619.